The van der Waals surface area contributed by atoms with Crippen LogP contribution in [0.2, 0.25) is 0 Å². The molecule has 8 heteroatoms. The van der Waals surface area contributed by atoms with Gasteiger partial charge in [0.05, 0.1) is 23.8 Å². The van der Waals surface area contributed by atoms with Gasteiger partial charge >= 0.3 is 0 Å². The standard InChI is InChI=1S/C21H23FN6O/c1-27(21-13-2-5-17(20(21)22)24-11-13)19-7-6-16(25-26-19)15-4-3-14(10-18(15)29)28-9-8-23-12-28/h3-4,6-10,12-13,17,20-21,24,29H,2,5,11H2,1H3/t13-,17-,20-,21+/m1/s1. The molecule has 1 saturated carbocycles. The molecular weight excluding hydrogens is 371 g/mol. The Bertz CT molecular complexity index is 983. The van der Waals surface area contributed by atoms with Gasteiger partial charge in [0.2, 0.25) is 0 Å². The average Bonchev–Trinajstić information content (AvgIpc) is 3.29. The van der Waals surface area contributed by atoms with Crippen molar-refractivity contribution in [2.24, 2.45) is 5.92 Å². The minimum absolute atomic E-state index is 0.0642. The summed E-state index contributed by atoms with van der Waals surface area (Å²) in [7, 11) is 1.89. The Hall–Kier alpha value is -3.00. The third-order valence-corrected chi connectivity index (χ3v) is 6.20. The lowest BCUT2D eigenvalue weighted by Crippen LogP contribution is -2.64. The number of aromatic nitrogens is 4. The van der Waals surface area contributed by atoms with Gasteiger partial charge in [0.1, 0.15) is 11.9 Å². The van der Waals surface area contributed by atoms with E-state index in [0.717, 1.165) is 25.1 Å². The molecule has 1 aromatic carbocycles. The summed E-state index contributed by atoms with van der Waals surface area (Å²) in [5.74, 6) is 1.04. The second kappa shape index (κ2) is 7.11. The SMILES string of the molecule is CN(c1ccc(-c2ccc(-n3ccnc3)cc2O)nn1)[C@H]1[C@@H]2CC[C@@H](NC2)[C@H]1F. The van der Waals surface area contributed by atoms with Crippen LogP contribution in [0.1, 0.15) is 12.8 Å². The van der Waals surface area contributed by atoms with E-state index in [0.29, 0.717) is 17.1 Å². The zero-order valence-corrected chi connectivity index (χ0v) is 16.1. The fourth-order valence-electron chi connectivity index (χ4n) is 4.61. The topological polar surface area (TPSA) is 79.1 Å². The molecule has 2 saturated heterocycles. The minimum atomic E-state index is -0.909. The van der Waals surface area contributed by atoms with Crippen LogP contribution < -0.4 is 10.2 Å². The number of alkyl halides is 1. The largest absolute Gasteiger partial charge is 0.507 e. The van der Waals surface area contributed by atoms with Gasteiger partial charge in [-0.3, -0.25) is 0 Å². The summed E-state index contributed by atoms with van der Waals surface area (Å²) in [4.78, 5) is 5.93. The number of rotatable bonds is 4. The van der Waals surface area contributed by atoms with Crippen molar-refractivity contribution in [1.82, 2.24) is 25.1 Å². The van der Waals surface area contributed by atoms with Crippen molar-refractivity contribution in [3.8, 4) is 22.7 Å². The number of aromatic hydroxyl groups is 1. The van der Waals surface area contributed by atoms with Gasteiger partial charge in [-0.2, -0.15) is 0 Å². The van der Waals surface area contributed by atoms with E-state index in [2.05, 4.69) is 20.5 Å². The van der Waals surface area contributed by atoms with Crippen LogP contribution in [0.3, 0.4) is 0 Å². The van der Waals surface area contributed by atoms with Crippen molar-refractivity contribution in [3.63, 3.8) is 0 Å². The number of benzene rings is 1. The van der Waals surface area contributed by atoms with Gasteiger partial charge in [0.15, 0.2) is 5.82 Å². The highest BCUT2D eigenvalue weighted by Crippen LogP contribution is 2.36. The van der Waals surface area contributed by atoms with Gasteiger partial charge in [0, 0.05) is 43.7 Å². The molecule has 3 aromatic rings. The number of fused-ring (bicyclic) bond motifs is 3. The Labute approximate surface area is 168 Å². The third-order valence-electron chi connectivity index (χ3n) is 6.20. The molecule has 0 spiro atoms. The first-order chi connectivity index (χ1) is 14.1. The second-order valence-electron chi connectivity index (χ2n) is 7.85. The molecule has 150 valence electrons. The molecule has 7 nitrogen and oxygen atoms in total. The van der Waals surface area contributed by atoms with Gasteiger partial charge in [0.25, 0.3) is 0 Å². The Kier molecular flexibility index (Phi) is 4.43. The van der Waals surface area contributed by atoms with E-state index in [-0.39, 0.29) is 23.8 Å². The van der Waals surface area contributed by atoms with Crippen molar-refractivity contribution in [1.29, 1.82) is 0 Å². The normalized spacial score (nSPS) is 25.9. The number of hydrogen-bond donors (Lipinski definition) is 2. The number of nitrogens with zero attached hydrogens (tertiary/aromatic N) is 5. The smallest absolute Gasteiger partial charge is 0.151 e. The molecule has 3 fully saturated rings. The van der Waals surface area contributed by atoms with E-state index < -0.39 is 6.17 Å². The van der Waals surface area contributed by atoms with E-state index in [1.165, 1.54) is 0 Å². The number of anilines is 1. The van der Waals surface area contributed by atoms with Crippen molar-refractivity contribution in [3.05, 3.63) is 49.1 Å². The Morgan fingerprint density at radius 2 is 2.10 bits per heavy atom. The van der Waals surface area contributed by atoms with Crippen LogP contribution in [0, 0.1) is 5.92 Å². The third kappa shape index (κ3) is 3.13. The van der Waals surface area contributed by atoms with Crippen LogP contribution in [0.5, 0.6) is 5.75 Å². The second-order valence-corrected chi connectivity index (χ2v) is 7.85. The van der Waals surface area contributed by atoms with Crippen LogP contribution >= 0.6 is 0 Å². The Morgan fingerprint density at radius 3 is 2.72 bits per heavy atom. The Balaban J connectivity index is 1.38. The quantitative estimate of drug-likeness (QED) is 0.708. The van der Waals surface area contributed by atoms with Gasteiger partial charge in [-0.05, 0) is 43.0 Å². The summed E-state index contributed by atoms with van der Waals surface area (Å²) in [5.41, 5.74) is 1.98. The van der Waals surface area contributed by atoms with Crippen molar-refractivity contribution in [2.45, 2.75) is 31.1 Å². The highest BCUT2D eigenvalue weighted by atomic mass is 19.1. The predicted molar refractivity (Wildman–Crippen MR) is 108 cm³/mol. The maximum atomic E-state index is 14.8. The van der Waals surface area contributed by atoms with Gasteiger partial charge in [-0.1, -0.05) is 0 Å². The van der Waals surface area contributed by atoms with Crippen molar-refractivity contribution >= 4 is 5.82 Å². The van der Waals surface area contributed by atoms with Crippen LogP contribution in [-0.2, 0) is 0 Å². The molecule has 2 aromatic heterocycles. The van der Waals surface area contributed by atoms with Crippen LogP contribution in [0.4, 0.5) is 10.2 Å². The number of imidazole rings is 1. The predicted octanol–water partition coefficient (Wildman–Crippen LogP) is 2.56. The molecule has 0 radical (unpaired) electrons. The van der Waals surface area contributed by atoms with Crippen LogP contribution in [-0.4, -0.2) is 56.7 Å². The van der Waals surface area contributed by atoms with Gasteiger partial charge < -0.3 is 19.9 Å². The van der Waals surface area contributed by atoms with Crippen molar-refractivity contribution < 1.29 is 9.50 Å². The zero-order chi connectivity index (χ0) is 20.0. The number of halogens is 1. The number of phenolic OH excluding ortho intramolecular Hbond substituents is 1. The summed E-state index contributed by atoms with van der Waals surface area (Å²) in [6.45, 7) is 0.850. The number of piperidine rings is 2. The fraction of sp³-hybridized carbons (Fsp3) is 0.381. The maximum Gasteiger partial charge on any atom is 0.151 e. The zero-order valence-electron chi connectivity index (χ0n) is 16.1. The summed E-state index contributed by atoms with van der Waals surface area (Å²) < 4.78 is 16.7. The van der Waals surface area contributed by atoms with E-state index in [1.807, 2.05) is 40.9 Å². The first kappa shape index (κ1) is 18.1. The maximum absolute atomic E-state index is 14.8. The van der Waals surface area contributed by atoms with Gasteiger partial charge in [-0.15, -0.1) is 10.2 Å². The highest BCUT2D eigenvalue weighted by molar-refractivity contribution is 5.69. The fourth-order valence-corrected chi connectivity index (χ4v) is 4.61. The molecule has 1 aliphatic carbocycles. The van der Waals surface area contributed by atoms with Crippen LogP contribution in [0.15, 0.2) is 49.1 Å². The first-order valence-corrected chi connectivity index (χ1v) is 9.87. The molecule has 2 N–H and O–H groups in total. The molecule has 4 atom stereocenters. The molecular formula is C21H23FN6O. The average molecular weight is 394 g/mol. The summed E-state index contributed by atoms with van der Waals surface area (Å²) in [6, 6.07) is 8.77. The Morgan fingerprint density at radius 1 is 1.21 bits per heavy atom. The number of phenols is 1. The minimum Gasteiger partial charge on any atom is -0.507 e. The molecule has 2 aliphatic heterocycles. The lowest BCUT2D eigenvalue weighted by molar-refractivity contribution is 0.0702. The van der Waals surface area contributed by atoms with E-state index >= 15 is 0 Å². The number of hydrogen-bond acceptors (Lipinski definition) is 6. The first-order valence-electron chi connectivity index (χ1n) is 9.87. The molecule has 3 aliphatic rings. The van der Waals surface area contributed by atoms with Crippen LogP contribution in [0.25, 0.3) is 16.9 Å². The molecule has 0 unspecified atom stereocenters. The van der Waals surface area contributed by atoms with E-state index in [9.17, 15) is 9.50 Å². The molecule has 6 rings (SSSR count). The summed E-state index contributed by atoms with van der Waals surface area (Å²) in [6.07, 6.45) is 6.19. The van der Waals surface area contributed by atoms with Crippen molar-refractivity contribution in [2.75, 3.05) is 18.5 Å². The summed E-state index contributed by atoms with van der Waals surface area (Å²) in [5, 5.41) is 22.4. The molecule has 2 bridgehead atoms. The molecule has 0 amide bonds. The number of nitrogens with one attached hydrogen (secondary N) is 1. The van der Waals surface area contributed by atoms with E-state index in [1.54, 1.807) is 24.7 Å². The monoisotopic (exact) mass is 394 g/mol. The lowest BCUT2D eigenvalue weighted by Gasteiger charge is -2.49. The van der Waals surface area contributed by atoms with Gasteiger partial charge in [-0.25, -0.2) is 9.37 Å². The van der Waals surface area contributed by atoms with E-state index in [4.69, 9.17) is 0 Å². The highest BCUT2D eigenvalue weighted by Gasteiger charge is 2.46. The summed E-state index contributed by atoms with van der Waals surface area (Å²) >= 11 is 0. The molecule has 29 heavy (non-hydrogen) atoms. The molecule has 4 heterocycles. The lowest BCUT2D eigenvalue weighted by atomic mass is 9.75.